The second-order valence-electron chi connectivity index (χ2n) is 9.79. The Balaban J connectivity index is 1.45. The summed E-state index contributed by atoms with van der Waals surface area (Å²) in [5.74, 6) is 0.508. The smallest absolute Gasteiger partial charge is 0.261 e. The average molecular weight is 482 g/mol. The Morgan fingerprint density at radius 1 is 1.29 bits per heavy atom. The van der Waals surface area contributed by atoms with E-state index in [1.807, 2.05) is 12.1 Å². The number of nitrogens with one attached hydrogen (secondary N) is 1. The number of hydrogen-bond acceptors (Lipinski definition) is 8. The molecule has 10 heteroatoms. The fourth-order valence-corrected chi connectivity index (χ4v) is 5.09. The van der Waals surface area contributed by atoms with Crippen molar-refractivity contribution in [3.05, 3.63) is 47.9 Å². The highest BCUT2D eigenvalue weighted by Crippen LogP contribution is 2.40. The summed E-state index contributed by atoms with van der Waals surface area (Å²) in [6.45, 7) is 3.33. The minimum absolute atomic E-state index is 0.0250. The highest BCUT2D eigenvalue weighted by atomic mass is 16.5. The van der Waals surface area contributed by atoms with Gasteiger partial charge in [0.15, 0.2) is 5.65 Å². The Hall–Kier alpha value is -3.21. The van der Waals surface area contributed by atoms with Crippen LogP contribution in [-0.2, 0) is 6.42 Å². The van der Waals surface area contributed by atoms with Gasteiger partial charge >= 0.3 is 0 Å². The first-order chi connectivity index (χ1) is 16.9. The van der Waals surface area contributed by atoms with Crippen molar-refractivity contribution in [2.75, 3.05) is 43.1 Å². The predicted molar refractivity (Wildman–Crippen MR) is 130 cm³/mol. The van der Waals surface area contributed by atoms with Crippen LogP contribution < -0.4 is 15.0 Å². The van der Waals surface area contributed by atoms with Gasteiger partial charge < -0.3 is 30.3 Å². The number of aliphatic hydroxyl groups is 3. The van der Waals surface area contributed by atoms with Crippen molar-refractivity contribution in [2.24, 2.45) is 11.8 Å². The lowest BCUT2D eigenvalue weighted by Gasteiger charge is -2.38. The van der Waals surface area contributed by atoms with Gasteiger partial charge in [0, 0.05) is 57.1 Å². The number of piperidine rings is 1. The molecule has 35 heavy (non-hydrogen) atoms. The zero-order valence-corrected chi connectivity index (χ0v) is 19.7. The number of amides is 1. The second kappa shape index (κ2) is 9.44. The van der Waals surface area contributed by atoms with Gasteiger partial charge in [-0.25, -0.2) is 9.50 Å². The number of rotatable bonds is 6. The van der Waals surface area contributed by atoms with Crippen LogP contribution in [0.15, 0.2) is 36.8 Å². The fourth-order valence-electron chi connectivity index (χ4n) is 5.09. The number of carbonyl (C=O) groups excluding carboxylic acids is 1. The van der Waals surface area contributed by atoms with Crippen molar-refractivity contribution in [2.45, 2.75) is 31.8 Å². The van der Waals surface area contributed by atoms with Crippen molar-refractivity contribution in [1.82, 2.24) is 14.6 Å². The molecule has 1 fully saturated rings. The van der Waals surface area contributed by atoms with Crippen molar-refractivity contribution >= 4 is 22.9 Å². The molecule has 0 saturated carbocycles. The molecule has 4 heterocycles. The standard InChI is InChI=1S/C25H31N5O5/c1-25(34)11-17-9-20(28-24(33)19-12-27-30-6-2-5-26-23(19)30)21(10-22(17)35-15-25)29-7-3-16(4-8-29)18(13-31)14-32/h2,5-6,9-10,12,16,18,31-32,34H,3-4,7-8,11,13-15H2,1H3,(H,28,33)/t25-/m0/s1. The van der Waals surface area contributed by atoms with E-state index >= 15 is 0 Å². The van der Waals surface area contributed by atoms with E-state index in [1.165, 1.54) is 6.20 Å². The average Bonchev–Trinajstić information content (AvgIpc) is 3.29. The summed E-state index contributed by atoms with van der Waals surface area (Å²) >= 11 is 0. The predicted octanol–water partition coefficient (Wildman–Crippen LogP) is 1.48. The molecule has 1 amide bonds. The molecule has 1 aromatic carbocycles. The van der Waals surface area contributed by atoms with Crippen molar-refractivity contribution < 1.29 is 24.9 Å². The lowest BCUT2D eigenvalue weighted by molar-refractivity contribution is -0.000567. The first-order valence-corrected chi connectivity index (χ1v) is 12.0. The molecule has 4 N–H and O–H groups in total. The summed E-state index contributed by atoms with van der Waals surface area (Å²) in [5.41, 5.74) is 2.15. The van der Waals surface area contributed by atoms with Crippen LogP contribution in [0.25, 0.3) is 5.65 Å². The van der Waals surface area contributed by atoms with Gasteiger partial charge in [-0.2, -0.15) is 5.10 Å². The van der Waals surface area contributed by atoms with Crippen LogP contribution in [0.5, 0.6) is 5.75 Å². The highest BCUT2D eigenvalue weighted by Gasteiger charge is 2.32. The molecule has 1 atom stereocenters. The summed E-state index contributed by atoms with van der Waals surface area (Å²) in [7, 11) is 0. The Morgan fingerprint density at radius 3 is 2.80 bits per heavy atom. The maximum atomic E-state index is 13.3. The molecular weight excluding hydrogens is 450 g/mol. The number of hydrogen-bond donors (Lipinski definition) is 4. The van der Waals surface area contributed by atoms with Gasteiger partial charge in [0.05, 0.1) is 23.2 Å². The van der Waals surface area contributed by atoms with E-state index in [9.17, 15) is 20.1 Å². The third kappa shape index (κ3) is 4.69. The van der Waals surface area contributed by atoms with Crippen LogP contribution >= 0.6 is 0 Å². The Morgan fingerprint density at radius 2 is 2.06 bits per heavy atom. The third-order valence-corrected chi connectivity index (χ3v) is 7.08. The highest BCUT2D eigenvalue weighted by molar-refractivity contribution is 6.09. The second-order valence-corrected chi connectivity index (χ2v) is 9.79. The van der Waals surface area contributed by atoms with E-state index in [2.05, 4.69) is 20.3 Å². The van der Waals surface area contributed by atoms with E-state index in [-0.39, 0.29) is 37.6 Å². The molecular formula is C25H31N5O5. The molecule has 0 aliphatic carbocycles. The maximum absolute atomic E-state index is 13.3. The first kappa shape index (κ1) is 23.5. The molecule has 10 nitrogen and oxygen atoms in total. The zero-order valence-electron chi connectivity index (χ0n) is 19.7. The molecule has 3 aromatic rings. The summed E-state index contributed by atoms with van der Waals surface area (Å²) in [5, 5.41) is 36.9. The largest absolute Gasteiger partial charge is 0.490 e. The minimum atomic E-state index is -0.982. The first-order valence-electron chi connectivity index (χ1n) is 12.0. The monoisotopic (exact) mass is 481 g/mol. The third-order valence-electron chi connectivity index (χ3n) is 7.08. The van der Waals surface area contributed by atoms with Gasteiger partial charge in [0.2, 0.25) is 0 Å². The van der Waals surface area contributed by atoms with Crippen LogP contribution in [0.3, 0.4) is 0 Å². The molecule has 1 saturated heterocycles. The number of ether oxygens (including phenoxy) is 1. The van der Waals surface area contributed by atoms with Gasteiger partial charge in [-0.1, -0.05) is 0 Å². The van der Waals surface area contributed by atoms with E-state index in [0.29, 0.717) is 29.1 Å². The minimum Gasteiger partial charge on any atom is -0.490 e. The van der Waals surface area contributed by atoms with Crippen LogP contribution in [0.1, 0.15) is 35.7 Å². The van der Waals surface area contributed by atoms with Gasteiger partial charge in [0.1, 0.15) is 17.9 Å². The molecule has 0 unspecified atom stereocenters. The van der Waals surface area contributed by atoms with Gasteiger partial charge in [-0.05, 0) is 43.4 Å². The van der Waals surface area contributed by atoms with E-state index < -0.39 is 5.60 Å². The topological polar surface area (TPSA) is 132 Å². The van der Waals surface area contributed by atoms with Crippen LogP contribution in [0.2, 0.25) is 0 Å². The number of benzene rings is 1. The zero-order chi connectivity index (χ0) is 24.6. The summed E-state index contributed by atoms with van der Waals surface area (Å²) < 4.78 is 7.43. The number of nitrogens with zero attached hydrogens (tertiary/aromatic N) is 4. The molecule has 2 aliphatic heterocycles. The number of carbonyl (C=O) groups is 1. The van der Waals surface area contributed by atoms with Crippen molar-refractivity contribution in [1.29, 1.82) is 0 Å². The summed E-state index contributed by atoms with van der Waals surface area (Å²) in [6.07, 6.45) is 6.92. The Bertz CT molecular complexity index is 1210. The van der Waals surface area contributed by atoms with Crippen molar-refractivity contribution in [3.63, 3.8) is 0 Å². The SMILES string of the molecule is C[C@@]1(O)COc2cc(N3CCC(C(CO)CO)CC3)c(NC(=O)c3cnn4cccnc34)cc2C1. The lowest BCUT2D eigenvalue weighted by Crippen LogP contribution is -2.40. The van der Waals surface area contributed by atoms with E-state index in [4.69, 9.17) is 4.74 Å². The normalized spacial score (nSPS) is 20.7. The fraction of sp³-hybridized carbons (Fsp3) is 0.480. The quantitative estimate of drug-likeness (QED) is 0.416. The Kier molecular flexibility index (Phi) is 6.35. The molecule has 0 bridgehead atoms. The summed E-state index contributed by atoms with van der Waals surface area (Å²) in [4.78, 5) is 19.8. The molecule has 0 radical (unpaired) electrons. The molecule has 2 aliphatic rings. The molecule has 186 valence electrons. The van der Waals surface area contributed by atoms with Crippen LogP contribution in [0, 0.1) is 11.8 Å². The van der Waals surface area contributed by atoms with Gasteiger partial charge in [0.25, 0.3) is 5.91 Å². The Labute approximate surface area is 203 Å². The maximum Gasteiger partial charge on any atom is 0.261 e. The van der Waals surface area contributed by atoms with Crippen LogP contribution in [-0.4, -0.2) is 74.3 Å². The van der Waals surface area contributed by atoms with Crippen molar-refractivity contribution in [3.8, 4) is 5.75 Å². The van der Waals surface area contributed by atoms with Gasteiger partial charge in [-0.3, -0.25) is 4.79 Å². The van der Waals surface area contributed by atoms with E-state index in [1.54, 1.807) is 29.9 Å². The molecule has 2 aromatic heterocycles. The number of fused-ring (bicyclic) bond motifs is 2. The molecule has 0 spiro atoms. The number of anilines is 2. The molecule has 5 rings (SSSR count). The lowest BCUT2D eigenvalue weighted by atomic mass is 9.85. The number of aliphatic hydroxyl groups excluding tert-OH is 2. The number of aromatic nitrogens is 3. The van der Waals surface area contributed by atoms with Crippen LogP contribution in [0.4, 0.5) is 11.4 Å². The van der Waals surface area contributed by atoms with E-state index in [0.717, 1.165) is 37.2 Å². The summed E-state index contributed by atoms with van der Waals surface area (Å²) in [6, 6.07) is 5.56. The van der Waals surface area contributed by atoms with Gasteiger partial charge in [-0.15, -0.1) is 0 Å².